The Bertz CT molecular complexity index is 4410. The lowest BCUT2D eigenvalue weighted by molar-refractivity contribution is 0.652. The normalized spacial score (nSPS) is 15.5. The quantitative estimate of drug-likeness (QED) is 0.156. The maximum absolute atomic E-state index is 2.64. The van der Waals surface area contributed by atoms with Crippen LogP contribution in [0.4, 0.5) is 0 Å². The van der Waals surface area contributed by atoms with Crippen LogP contribution < -0.4 is 0 Å². The molecule has 0 unspecified atom stereocenters. The van der Waals surface area contributed by atoms with Crippen molar-refractivity contribution in [3.05, 3.63) is 346 Å². The van der Waals surface area contributed by atoms with Crippen LogP contribution in [0.25, 0.3) is 88.3 Å². The summed E-state index contributed by atoms with van der Waals surface area (Å²) in [6, 6.07) is 107. The Morgan fingerprint density at radius 3 is 0.732 bits per heavy atom. The lowest BCUT2D eigenvalue weighted by Gasteiger charge is -2.34. The first-order valence-corrected chi connectivity index (χ1v) is 29.2. The highest BCUT2D eigenvalue weighted by molar-refractivity contribution is 6.13. The van der Waals surface area contributed by atoms with Crippen molar-refractivity contribution in [3.8, 4) is 66.8 Å². The molecule has 0 aliphatic heterocycles. The first-order chi connectivity index (χ1) is 40.2. The predicted molar refractivity (Wildman–Crippen MR) is 342 cm³/mol. The Hall–Kier alpha value is -9.62. The second-order valence-electron chi connectivity index (χ2n) is 24.6. The molecule has 0 saturated carbocycles. The maximum atomic E-state index is 2.64. The molecule has 0 atom stereocenters. The van der Waals surface area contributed by atoms with E-state index in [0.29, 0.717) is 0 Å². The van der Waals surface area contributed by atoms with Gasteiger partial charge in [-0.2, -0.15) is 0 Å². The van der Waals surface area contributed by atoms with E-state index >= 15 is 0 Å². The predicted octanol–water partition coefficient (Wildman–Crippen LogP) is 20.7. The van der Waals surface area contributed by atoms with E-state index in [-0.39, 0.29) is 10.8 Å². The van der Waals surface area contributed by atoms with Gasteiger partial charge in [-0.15, -0.1) is 0 Å². The Balaban J connectivity index is 0.926. The van der Waals surface area contributed by atoms with Crippen molar-refractivity contribution in [2.45, 2.75) is 49.4 Å². The van der Waals surface area contributed by atoms with Gasteiger partial charge < -0.3 is 0 Å². The van der Waals surface area contributed by atoms with Gasteiger partial charge in [-0.1, -0.05) is 258 Å². The lowest BCUT2D eigenvalue weighted by atomic mass is 9.66. The first-order valence-electron chi connectivity index (χ1n) is 29.2. The summed E-state index contributed by atoms with van der Waals surface area (Å²) >= 11 is 0. The van der Waals surface area contributed by atoms with E-state index in [9.17, 15) is 0 Å². The molecule has 0 nitrogen and oxygen atoms in total. The molecule has 0 heteroatoms. The molecule has 13 aromatic carbocycles. The summed E-state index contributed by atoms with van der Waals surface area (Å²) < 4.78 is 0. The molecule has 4 aliphatic carbocycles. The van der Waals surface area contributed by atoms with Crippen molar-refractivity contribution in [2.24, 2.45) is 0 Å². The standard InChI is InChI=1S/C82H58/c1-79(2)69-45-64-66-48-74-68(78-60-42-26-24-40-58(60)62(52-29-13-6-14-30-52)44-76(78)82(74,55-35-19-9-20-36-55)56-37-21-10-22-38-56)50-72(66)80(3,4)70(64)46-63(69)65-47-73-67(49-71(65)79)77-59-41-25-23-39-57(59)61(51-27-11-5-12-28-51)43-75(77)81(73,53-31-15-7-16-32-53)54-33-17-8-18-34-54/h5-50H,1-4H3. The van der Waals surface area contributed by atoms with Crippen molar-refractivity contribution < 1.29 is 0 Å². The molecule has 0 saturated heterocycles. The van der Waals surface area contributed by atoms with Gasteiger partial charge in [0.2, 0.25) is 0 Å². The fraction of sp³-hybridized carbons (Fsp3) is 0.0976. The van der Waals surface area contributed by atoms with Gasteiger partial charge in [0.05, 0.1) is 10.8 Å². The molecule has 13 aromatic rings. The topological polar surface area (TPSA) is 0 Å². The molecular weight excluding hydrogens is 985 g/mol. The zero-order valence-electron chi connectivity index (χ0n) is 46.6. The molecule has 0 spiro atoms. The van der Waals surface area contributed by atoms with Crippen molar-refractivity contribution in [1.82, 2.24) is 0 Å². The molecule has 0 heterocycles. The summed E-state index contributed by atoms with van der Waals surface area (Å²) in [4.78, 5) is 0. The van der Waals surface area contributed by atoms with Crippen LogP contribution >= 0.6 is 0 Å². The SMILES string of the molecule is CC1(C)c2cc3c(cc2-c2cc4c(cc21)-c1c(cc(-c2ccccc2)c2ccccc12)C4(c1ccccc1)c1ccccc1)C(C)(C)c1cc2c(cc1-3)C(c1ccccc1)(c1ccccc1)c1cc(-c3ccccc3)c3ccccc3c1-2. The van der Waals surface area contributed by atoms with Gasteiger partial charge in [0.25, 0.3) is 0 Å². The molecule has 0 aromatic heterocycles. The minimum Gasteiger partial charge on any atom is -0.0622 e. The van der Waals surface area contributed by atoms with Gasteiger partial charge in [-0.3, -0.25) is 0 Å². The summed E-state index contributed by atoms with van der Waals surface area (Å²) in [7, 11) is 0. The zero-order valence-corrected chi connectivity index (χ0v) is 46.6. The number of hydrogen-bond donors (Lipinski definition) is 0. The Kier molecular flexibility index (Phi) is 9.77. The fourth-order valence-corrected chi connectivity index (χ4v) is 16.3. The summed E-state index contributed by atoms with van der Waals surface area (Å²) in [5, 5.41) is 5.14. The minimum atomic E-state index is -0.595. The van der Waals surface area contributed by atoms with Crippen LogP contribution in [0.5, 0.6) is 0 Å². The molecule has 0 N–H and O–H groups in total. The van der Waals surface area contributed by atoms with E-state index in [0.717, 1.165) is 0 Å². The largest absolute Gasteiger partial charge is 0.0714 e. The van der Waals surface area contributed by atoms with Crippen LogP contribution in [0.15, 0.2) is 279 Å². The summed E-state index contributed by atoms with van der Waals surface area (Å²) in [6.45, 7) is 9.93. The average molecular weight is 1040 g/mol. The highest BCUT2D eigenvalue weighted by atomic mass is 14.5. The van der Waals surface area contributed by atoms with E-state index in [2.05, 4.69) is 307 Å². The van der Waals surface area contributed by atoms with Crippen molar-refractivity contribution in [3.63, 3.8) is 0 Å². The summed E-state index contributed by atoms with van der Waals surface area (Å²) in [6.07, 6.45) is 0. The molecule has 0 radical (unpaired) electrons. The number of fused-ring (bicyclic) bond motifs is 16. The maximum Gasteiger partial charge on any atom is 0.0714 e. The minimum absolute atomic E-state index is 0.302. The second kappa shape index (κ2) is 17.0. The molecule has 386 valence electrons. The Morgan fingerprint density at radius 2 is 0.427 bits per heavy atom. The lowest BCUT2D eigenvalue weighted by Crippen LogP contribution is -2.28. The third kappa shape index (κ3) is 6.06. The van der Waals surface area contributed by atoms with E-state index < -0.39 is 10.8 Å². The van der Waals surface area contributed by atoms with Crippen molar-refractivity contribution in [2.75, 3.05) is 0 Å². The molecule has 4 aliphatic rings. The average Bonchev–Trinajstić information content (AvgIpc) is 1.74. The molecule has 17 rings (SSSR count). The third-order valence-corrected chi connectivity index (χ3v) is 20.0. The van der Waals surface area contributed by atoms with Crippen LogP contribution in [-0.4, -0.2) is 0 Å². The van der Waals surface area contributed by atoms with Crippen LogP contribution in [0.1, 0.15) is 94.5 Å². The van der Waals surface area contributed by atoms with Gasteiger partial charge in [0.1, 0.15) is 0 Å². The van der Waals surface area contributed by atoms with E-state index in [4.69, 9.17) is 0 Å². The van der Waals surface area contributed by atoms with Gasteiger partial charge >= 0.3 is 0 Å². The molecular formula is C82H58. The first kappa shape index (κ1) is 47.2. The van der Waals surface area contributed by atoms with Gasteiger partial charge in [-0.25, -0.2) is 0 Å². The van der Waals surface area contributed by atoms with Gasteiger partial charge in [0, 0.05) is 10.8 Å². The Labute approximate surface area is 480 Å². The highest BCUT2D eigenvalue weighted by Crippen LogP contribution is 2.66. The van der Waals surface area contributed by atoms with Crippen LogP contribution in [0, 0.1) is 0 Å². The summed E-state index contributed by atoms with van der Waals surface area (Å²) in [5.74, 6) is 0. The smallest absolute Gasteiger partial charge is 0.0622 e. The van der Waals surface area contributed by atoms with Crippen molar-refractivity contribution in [1.29, 1.82) is 0 Å². The monoisotopic (exact) mass is 1040 g/mol. The van der Waals surface area contributed by atoms with Gasteiger partial charge in [-0.05, 0) is 204 Å². The molecule has 0 bridgehead atoms. The van der Waals surface area contributed by atoms with E-state index in [1.54, 1.807) is 0 Å². The summed E-state index contributed by atoms with van der Waals surface area (Å²) in [5.41, 5.74) is 29.9. The van der Waals surface area contributed by atoms with E-state index in [1.807, 2.05) is 0 Å². The molecule has 0 amide bonds. The van der Waals surface area contributed by atoms with Crippen LogP contribution in [-0.2, 0) is 21.7 Å². The molecule has 82 heavy (non-hydrogen) atoms. The highest BCUT2D eigenvalue weighted by Gasteiger charge is 2.52. The number of hydrogen-bond acceptors (Lipinski definition) is 0. The number of rotatable bonds is 6. The van der Waals surface area contributed by atoms with Gasteiger partial charge in [0.15, 0.2) is 0 Å². The second-order valence-corrected chi connectivity index (χ2v) is 24.6. The van der Waals surface area contributed by atoms with E-state index in [1.165, 1.54) is 155 Å². The zero-order chi connectivity index (χ0) is 54.7. The fourth-order valence-electron chi connectivity index (χ4n) is 16.3. The van der Waals surface area contributed by atoms with Crippen molar-refractivity contribution >= 4 is 21.5 Å². The number of benzene rings is 13. The molecule has 0 fully saturated rings. The third-order valence-electron chi connectivity index (χ3n) is 20.0. The van der Waals surface area contributed by atoms with Crippen LogP contribution in [0.3, 0.4) is 0 Å². The Morgan fingerprint density at radius 1 is 0.195 bits per heavy atom. The van der Waals surface area contributed by atoms with Crippen LogP contribution in [0.2, 0.25) is 0 Å².